The van der Waals surface area contributed by atoms with Crippen LogP contribution in [0.5, 0.6) is 0 Å². The molecule has 0 radical (unpaired) electrons. The lowest BCUT2D eigenvalue weighted by atomic mass is 10.3. The second kappa shape index (κ2) is 5.34. The number of hydrogen-bond acceptors (Lipinski definition) is 5. The van der Waals surface area contributed by atoms with Crippen molar-refractivity contribution < 1.29 is 13.2 Å². The summed E-state index contributed by atoms with van der Waals surface area (Å²) in [5.74, 6) is 0. The molecule has 0 aliphatic carbocycles. The number of para-hydroxylation sites is 1. The number of nitrogens with two attached hydrogens (primary N) is 1. The summed E-state index contributed by atoms with van der Waals surface area (Å²) in [6.07, 6.45) is 1.49. The van der Waals surface area contributed by atoms with Crippen molar-refractivity contribution in [2.24, 2.45) is 5.14 Å². The summed E-state index contributed by atoms with van der Waals surface area (Å²) in [4.78, 5) is 15.8. The molecule has 1 aromatic carbocycles. The van der Waals surface area contributed by atoms with Gasteiger partial charge in [0.25, 0.3) is 0 Å². The Morgan fingerprint density at radius 2 is 2.00 bits per heavy atom. The average molecular weight is 298 g/mol. The Balaban J connectivity index is 2.32. The molecular formula is C10H10N4O3S2. The molecule has 9 heteroatoms. The van der Waals surface area contributed by atoms with Crippen LogP contribution in [0.4, 0.5) is 15.6 Å². The van der Waals surface area contributed by atoms with Gasteiger partial charge >= 0.3 is 16.2 Å². The number of amides is 2. The molecule has 2 aromatic rings. The molecular weight excluding hydrogens is 288 g/mol. The van der Waals surface area contributed by atoms with E-state index in [1.807, 2.05) is 0 Å². The minimum absolute atomic E-state index is 0.152. The summed E-state index contributed by atoms with van der Waals surface area (Å²) in [7, 11) is -4.22. The molecule has 2 amide bonds. The first-order valence-electron chi connectivity index (χ1n) is 5.07. The van der Waals surface area contributed by atoms with E-state index in [-0.39, 0.29) is 10.8 Å². The van der Waals surface area contributed by atoms with E-state index in [0.29, 0.717) is 4.31 Å². The summed E-state index contributed by atoms with van der Waals surface area (Å²) in [5.41, 5.74) is 0.152. The minimum atomic E-state index is -4.22. The van der Waals surface area contributed by atoms with Crippen molar-refractivity contribution in [1.29, 1.82) is 0 Å². The maximum absolute atomic E-state index is 12.0. The molecule has 1 aromatic heterocycles. The molecule has 0 saturated heterocycles. The van der Waals surface area contributed by atoms with Crippen LogP contribution in [0.3, 0.4) is 0 Å². The van der Waals surface area contributed by atoms with Crippen LogP contribution in [-0.4, -0.2) is 19.4 Å². The zero-order valence-corrected chi connectivity index (χ0v) is 11.2. The lowest BCUT2D eigenvalue weighted by molar-refractivity contribution is 0.259. The number of rotatable bonds is 3. The maximum atomic E-state index is 12.0. The molecule has 100 valence electrons. The van der Waals surface area contributed by atoms with E-state index < -0.39 is 16.2 Å². The smallest absolute Gasteiger partial charge is 0.282 e. The molecule has 0 aliphatic rings. The van der Waals surface area contributed by atoms with Crippen LogP contribution in [0.1, 0.15) is 0 Å². The molecule has 0 bridgehead atoms. The lowest BCUT2D eigenvalue weighted by Gasteiger charge is -2.19. The molecule has 3 N–H and O–H groups in total. The van der Waals surface area contributed by atoms with Gasteiger partial charge in [-0.05, 0) is 12.1 Å². The van der Waals surface area contributed by atoms with Crippen LogP contribution in [0.25, 0.3) is 0 Å². The minimum Gasteiger partial charge on any atom is -0.282 e. The summed E-state index contributed by atoms with van der Waals surface area (Å²) in [6, 6.07) is 6.94. The van der Waals surface area contributed by atoms with Gasteiger partial charge in [-0.15, -0.1) is 11.3 Å². The number of hydrogen-bond donors (Lipinski definition) is 2. The Kier molecular flexibility index (Phi) is 3.79. The number of carbonyl (C=O) groups is 1. The maximum Gasteiger partial charge on any atom is 0.343 e. The molecule has 1 heterocycles. The van der Waals surface area contributed by atoms with Gasteiger partial charge in [-0.2, -0.15) is 12.7 Å². The predicted molar refractivity (Wildman–Crippen MR) is 73.2 cm³/mol. The van der Waals surface area contributed by atoms with Crippen LogP contribution in [0.2, 0.25) is 0 Å². The molecule has 0 unspecified atom stereocenters. The fourth-order valence-corrected chi connectivity index (χ4v) is 2.58. The fraction of sp³-hybridized carbons (Fsp3) is 0. The van der Waals surface area contributed by atoms with E-state index >= 15 is 0 Å². The van der Waals surface area contributed by atoms with E-state index in [9.17, 15) is 13.2 Å². The molecule has 0 saturated carbocycles. The van der Waals surface area contributed by atoms with E-state index in [1.165, 1.54) is 29.7 Å². The third-order valence-electron chi connectivity index (χ3n) is 2.08. The van der Waals surface area contributed by atoms with Crippen LogP contribution in [0, 0.1) is 0 Å². The zero-order valence-electron chi connectivity index (χ0n) is 9.55. The first-order valence-corrected chi connectivity index (χ1v) is 7.45. The van der Waals surface area contributed by atoms with Crippen molar-refractivity contribution in [1.82, 2.24) is 4.98 Å². The normalized spacial score (nSPS) is 11.0. The van der Waals surface area contributed by atoms with Gasteiger partial charge in [-0.3, -0.25) is 5.32 Å². The number of aromatic nitrogens is 1. The van der Waals surface area contributed by atoms with Gasteiger partial charge in [0.1, 0.15) is 0 Å². The SMILES string of the molecule is NS(=O)(=O)N(C(=O)Nc1nccs1)c1ccccc1. The van der Waals surface area contributed by atoms with Crippen LogP contribution in [0.15, 0.2) is 41.9 Å². The van der Waals surface area contributed by atoms with E-state index in [2.05, 4.69) is 10.3 Å². The number of carbonyl (C=O) groups excluding carboxylic acids is 1. The first-order chi connectivity index (χ1) is 8.98. The number of thiazole rings is 1. The highest BCUT2D eigenvalue weighted by molar-refractivity contribution is 7.91. The standard InChI is InChI=1S/C10H10N4O3S2/c11-19(16,17)14(8-4-2-1-3-5-8)10(15)13-9-12-6-7-18-9/h1-7H,(H2,11,16,17)(H,12,13,15). The van der Waals surface area contributed by atoms with Gasteiger partial charge in [0, 0.05) is 11.6 Å². The Morgan fingerprint density at radius 1 is 1.32 bits per heavy atom. The van der Waals surface area contributed by atoms with E-state index in [1.54, 1.807) is 23.6 Å². The van der Waals surface area contributed by atoms with Crippen LogP contribution >= 0.6 is 11.3 Å². The summed E-state index contributed by atoms with van der Waals surface area (Å²) in [5, 5.41) is 9.36. The summed E-state index contributed by atoms with van der Waals surface area (Å²) >= 11 is 1.17. The molecule has 0 aliphatic heterocycles. The average Bonchev–Trinajstić information content (AvgIpc) is 2.81. The quantitative estimate of drug-likeness (QED) is 0.893. The second-order valence-corrected chi connectivity index (χ2v) is 5.70. The van der Waals surface area contributed by atoms with Crippen molar-refractivity contribution in [3.8, 4) is 0 Å². The predicted octanol–water partition coefficient (Wildman–Crippen LogP) is 1.39. The largest absolute Gasteiger partial charge is 0.343 e. The van der Waals surface area contributed by atoms with Gasteiger partial charge in [0.05, 0.1) is 5.69 Å². The Bertz CT molecular complexity index is 655. The molecule has 0 atom stereocenters. The Labute approximate surface area is 113 Å². The van der Waals surface area contributed by atoms with E-state index in [4.69, 9.17) is 5.14 Å². The highest BCUT2D eigenvalue weighted by Crippen LogP contribution is 2.18. The van der Waals surface area contributed by atoms with Gasteiger partial charge in [-0.25, -0.2) is 14.9 Å². The molecule has 19 heavy (non-hydrogen) atoms. The van der Waals surface area contributed by atoms with E-state index in [0.717, 1.165) is 0 Å². The number of nitrogens with one attached hydrogen (secondary N) is 1. The van der Waals surface area contributed by atoms with Crippen molar-refractivity contribution in [2.75, 3.05) is 9.62 Å². The second-order valence-electron chi connectivity index (χ2n) is 3.41. The van der Waals surface area contributed by atoms with Crippen LogP contribution < -0.4 is 14.8 Å². The monoisotopic (exact) mass is 298 g/mol. The highest BCUT2D eigenvalue weighted by atomic mass is 32.2. The third-order valence-corrected chi connectivity index (χ3v) is 3.65. The number of nitrogens with zero attached hydrogens (tertiary/aromatic N) is 2. The first kappa shape index (κ1) is 13.5. The topological polar surface area (TPSA) is 105 Å². The third kappa shape index (κ3) is 3.28. The summed E-state index contributed by atoms with van der Waals surface area (Å²) in [6.45, 7) is 0. The molecule has 2 rings (SSSR count). The lowest BCUT2D eigenvalue weighted by Crippen LogP contribution is -2.44. The molecule has 7 nitrogen and oxygen atoms in total. The fourth-order valence-electron chi connectivity index (χ4n) is 1.37. The Morgan fingerprint density at radius 3 is 2.53 bits per heavy atom. The van der Waals surface area contributed by atoms with Crippen LogP contribution in [-0.2, 0) is 10.2 Å². The van der Waals surface area contributed by atoms with Crippen molar-refractivity contribution in [3.05, 3.63) is 41.9 Å². The van der Waals surface area contributed by atoms with Gasteiger partial charge in [0.2, 0.25) is 0 Å². The molecule has 0 fully saturated rings. The highest BCUT2D eigenvalue weighted by Gasteiger charge is 2.26. The number of anilines is 2. The van der Waals surface area contributed by atoms with Gasteiger partial charge in [0.15, 0.2) is 5.13 Å². The van der Waals surface area contributed by atoms with Crippen molar-refractivity contribution in [2.45, 2.75) is 0 Å². The van der Waals surface area contributed by atoms with Gasteiger partial charge in [-0.1, -0.05) is 18.2 Å². The molecule has 0 spiro atoms. The van der Waals surface area contributed by atoms with Gasteiger partial charge < -0.3 is 0 Å². The zero-order chi connectivity index (χ0) is 13.9. The van der Waals surface area contributed by atoms with Crippen molar-refractivity contribution >= 4 is 38.4 Å². The summed E-state index contributed by atoms with van der Waals surface area (Å²) < 4.78 is 23.5. The number of benzene rings is 1. The number of urea groups is 1. The van der Waals surface area contributed by atoms with Crippen molar-refractivity contribution in [3.63, 3.8) is 0 Å². The Hall–Kier alpha value is -1.97.